The molecule has 3 nitrogen and oxygen atoms in total. The van der Waals surface area contributed by atoms with E-state index in [1.165, 1.54) is 11.1 Å². The van der Waals surface area contributed by atoms with Gasteiger partial charge in [-0.2, -0.15) is 0 Å². The summed E-state index contributed by atoms with van der Waals surface area (Å²) < 4.78 is 0. The van der Waals surface area contributed by atoms with Gasteiger partial charge in [0.25, 0.3) is 0 Å². The Bertz CT molecular complexity index is 482. The molecular weight excluding hydrogens is 262 g/mol. The third kappa shape index (κ3) is 2.98. The van der Waals surface area contributed by atoms with Crippen LogP contribution in [0.5, 0.6) is 0 Å². The van der Waals surface area contributed by atoms with Crippen molar-refractivity contribution in [2.24, 2.45) is 0 Å². The first-order chi connectivity index (χ1) is 10.0. The fourth-order valence-corrected chi connectivity index (χ4v) is 3.69. The number of benzene rings is 1. The van der Waals surface area contributed by atoms with Gasteiger partial charge in [0, 0.05) is 6.04 Å². The molecule has 0 amide bonds. The Labute approximate surface area is 128 Å². The molecule has 0 spiro atoms. The van der Waals surface area contributed by atoms with Crippen LogP contribution in [0.2, 0.25) is 0 Å². The van der Waals surface area contributed by atoms with Crippen molar-refractivity contribution < 1.29 is 9.90 Å². The highest BCUT2D eigenvalue weighted by atomic mass is 16.4. The van der Waals surface area contributed by atoms with Crippen molar-refractivity contribution in [1.29, 1.82) is 0 Å². The van der Waals surface area contributed by atoms with Gasteiger partial charge in [0.1, 0.15) is 5.54 Å². The maximum Gasteiger partial charge on any atom is 0.324 e. The Morgan fingerprint density at radius 3 is 2.52 bits per heavy atom. The van der Waals surface area contributed by atoms with Crippen molar-refractivity contribution in [2.75, 3.05) is 6.54 Å². The SMILES string of the molecule is CCCC1(C(=O)O)CCCN1C(C)c1ccc(CC)cc1. The van der Waals surface area contributed by atoms with E-state index in [1.54, 1.807) is 0 Å². The van der Waals surface area contributed by atoms with E-state index in [4.69, 9.17) is 0 Å². The Kier molecular flexibility index (Phi) is 5.04. The Morgan fingerprint density at radius 1 is 1.33 bits per heavy atom. The van der Waals surface area contributed by atoms with E-state index in [9.17, 15) is 9.90 Å². The van der Waals surface area contributed by atoms with Crippen LogP contribution >= 0.6 is 0 Å². The molecule has 1 aliphatic heterocycles. The number of carbonyl (C=O) groups is 1. The molecule has 116 valence electrons. The lowest BCUT2D eigenvalue weighted by molar-refractivity contribution is -0.151. The van der Waals surface area contributed by atoms with Gasteiger partial charge in [0.05, 0.1) is 0 Å². The molecule has 0 aliphatic carbocycles. The van der Waals surface area contributed by atoms with Gasteiger partial charge in [0.2, 0.25) is 0 Å². The van der Waals surface area contributed by atoms with E-state index < -0.39 is 11.5 Å². The van der Waals surface area contributed by atoms with Crippen LogP contribution in [-0.2, 0) is 11.2 Å². The van der Waals surface area contributed by atoms with Crippen LogP contribution in [0.3, 0.4) is 0 Å². The average Bonchev–Trinajstić information content (AvgIpc) is 2.92. The van der Waals surface area contributed by atoms with Crippen molar-refractivity contribution in [3.05, 3.63) is 35.4 Å². The van der Waals surface area contributed by atoms with Crippen molar-refractivity contribution in [3.63, 3.8) is 0 Å². The molecule has 3 heteroatoms. The number of carboxylic acid groups (broad SMARTS) is 1. The van der Waals surface area contributed by atoms with Crippen LogP contribution in [-0.4, -0.2) is 28.1 Å². The summed E-state index contributed by atoms with van der Waals surface area (Å²) >= 11 is 0. The van der Waals surface area contributed by atoms with Gasteiger partial charge >= 0.3 is 5.97 Å². The largest absolute Gasteiger partial charge is 0.480 e. The highest BCUT2D eigenvalue weighted by Gasteiger charge is 2.48. The van der Waals surface area contributed by atoms with Crippen molar-refractivity contribution in [2.45, 2.75) is 64.5 Å². The molecule has 21 heavy (non-hydrogen) atoms. The van der Waals surface area contributed by atoms with E-state index in [0.29, 0.717) is 0 Å². The first kappa shape index (κ1) is 16.0. The normalized spacial score (nSPS) is 24.1. The van der Waals surface area contributed by atoms with Gasteiger partial charge in [0.15, 0.2) is 0 Å². The molecule has 0 saturated carbocycles. The second-order valence-electron chi connectivity index (χ2n) is 6.15. The minimum Gasteiger partial charge on any atom is -0.480 e. The second kappa shape index (κ2) is 6.61. The second-order valence-corrected chi connectivity index (χ2v) is 6.15. The maximum absolute atomic E-state index is 11.9. The Balaban J connectivity index is 2.26. The molecule has 1 aliphatic rings. The molecule has 2 unspecified atom stereocenters. The summed E-state index contributed by atoms with van der Waals surface area (Å²) in [5.74, 6) is -0.654. The van der Waals surface area contributed by atoms with E-state index in [2.05, 4.69) is 49.9 Å². The lowest BCUT2D eigenvalue weighted by Gasteiger charge is -2.39. The average molecular weight is 289 g/mol. The molecule has 1 saturated heterocycles. The number of rotatable bonds is 6. The molecule has 2 rings (SSSR count). The van der Waals surface area contributed by atoms with Gasteiger partial charge in [-0.1, -0.05) is 44.5 Å². The third-order valence-electron chi connectivity index (χ3n) is 4.94. The number of likely N-dealkylation sites (tertiary alicyclic amines) is 1. The van der Waals surface area contributed by atoms with Gasteiger partial charge in [-0.15, -0.1) is 0 Å². The molecule has 1 fully saturated rings. The number of hydrogen-bond donors (Lipinski definition) is 1. The molecule has 1 N–H and O–H groups in total. The summed E-state index contributed by atoms with van der Waals surface area (Å²) in [6.07, 6.45) is 4.43. The maximum atomic E-state index is 11.9. The van der Waals surface area contributed by atoms with Crippen LogP contribution in [0.15, 0.2) is 24.3 Å². The number of hydrogen-bond acceptors (Lipinski definition) is 2. The zero-order valence-electron chi connectivity index (χ0n) is 13.4. The molecule has 1 aromatic rings. The van der Waals surface area contributed by atoms with Crippen LogP contribution in [0.4, 0.5) is 0 Å². The Hall–Kier alpha value is -1.35. The van der Waals surface area contributed by atoms with Crippen LogP contribution in [0.25, 0.3) is 0 Å². The molecular formula is C18H27NO2. The van der Waals surface area contributed by atoms with E-state index in [0.717, 1.165) is 38.6 Å². The summed E-state index contributed by atoms with van der Waals surface area (Å²) in [5, 5.41) is 9.80. The zero-order chi connectivity index (χ0) is 15.5. The monoisotopic (exact) mass is 289 g/mol. The zero-order valence-corrected chi connectivity index (χ0v) is 13.4. The van der Waals surface area contributed by atoms with Gasteiger partial charge < -0.3 is 5.11 Å². The fourth-order valence-electron chi connectivity index (χ4n) is 3.69. The lowest BCUT2D eigenvalue weighted by atomic mass is 9.88. The molecule has 0 radical (unpaired) electrons. The lowest BCUT2D eigenvalue weighted by Crippen LogP contribution is -2.51. The van der Waals surface area contributed by atoms with Crippen LogP contribution < -0.4 is 0 Å². The molecule has 1 heterocycles. The van der Waals surface area contributed by atoms with Crippen LogP contribution in [0.1, 0.15) is 63.6 Å². The number of nitrogens with zero attached hydrogens (tertiary/aromatic N) is 1. The topological polar surface area (TPSA) is 40.5 Å². The van der Waals surface area contributed by atoms with E-state index in [1.807, 2.05) is 0 Å². The smallest absolute Gasteiger partial charge is 0.324 e. The summed E-state index contributed by atoms with van der Waals surface area (Å²) in [4.78, 5) is 14.1. The van der Waals surface area contributed by atoms with E-state index in [-0.39, 0.29) is 6.04 Å². The number of aryl methyl sites for hydroxylation is 1. The minimum absolute atomic E-state index is 0.154. The van der Waals surface area contributed by atoms with Crippen molar-refractivity contribution >= 4 is 5.97 Å². The van der Waals surface area contributed by atoms with E-state index >= 15 is 0 Å². The van der Waals surface area contributed by atoms with Crippen molar-refractivity contribution in [1.82, 2.24) is 4.90 Å². The van der Waals surface area contributed by atoms with Gasteiger partial charge in [-0.25, -0.2) is 0 Å². The first-order valence-electron chi connectivity index (χ1n) is 8.14. The third-order valence-corrected chi connectivity index (χ3v) is 4.94. The molecule has 0 bridgehead atoms. The van der Waals surface area contributed by atoms with Gasteiger partial charge in [-0.3, -0.25) is 9.69 Å². The van der Waals surface area contributed by atoms with Crippen LogP contribution in [0, 0.1) is 0 Å². The van der Waals surface area contributed by atoms with Gasteiger partial charge in [-0.05, 0) is 50.3 Å². The summed E-state index contributed by atoms with van der Waals surface area (Å²) in [6, 6.07) is 8.77. The Morgan fingerprint density at radius 2 is 2.00 bits per heavy atom. The first-order valence-corrected chi connectivity index (χ1v) is 8.14. The summed E-state index contributed by atoms with van der Waals surface area (Å²) in [7, 11) is 0. The molecule has 0 aromatic heterocycles. The fraction of sp³-hybridized carbons (Fsp3) is 0.611. The predicted octanol–water partition coefficient (Wildman–Crippen LogP) is 4.03. The van der Waals surface area contributed by atoms with Crippen molar-refractivity contribution in [3.8, 4) is 0 Å². The highest BCUT2D eigenvalue weighted by molar-refractivity contribution is 5.79. The highest BCUT2D eigenvalue weighted by Crippen LogP contribution is 2.40. The number of aliphatic carboxylic acids is 1. The summed E-state index contributed by atoms with van der Waals surface area (Å²) in [5.41, 5.74) is 1.87. The molecule has 1 aromatic carbocycles. The number of carboxylic acids is 1. The minimum atomic E-state index is -0.669. The molecule has 2 atom stereocenters. The summed E-state index contributed by atoms with van der Waals surface area (Å²) in [6.45, 7) is 7.24. The quantitative estimate of drug-likeness (QED) is 0.859. The predicted molar refractivity (Wildman–Crippen MR) is 85.4 cm³/mol. The standard InChI is InChI=1S/C18H27NO2/c1-4-11-18(17(20)21)12-6-13-19(18)14(3)16-9-7-15(5-2)8-10-16/h7-10,14H,4-6,11-13H2,1-3H3,(H,20,21).